The Morgan fingerprint density at radius 3 is 2.45 bits per heavy atom. The first kappa shape index (κ1) is 14.4. The molecule has 1 aromatic rings. The summed E-state index contributed by atoms with van der Waals surface area (Å²) in [6, 6.07) is 9.39. The van der Waals surface area contributed by atoms with Crippen LogP contribution in [0.4, 0.5) is 10.5 Å². The lowest BCUT2D eigenvalue weighted by atomic mass is 9.89. The minimum absolute atomic E-state index is 0.124. The quantitative estimate of drug-likeness (QED) is 0.806. The molecule has 2 saturated heterocycles. The van der Waals surface area contributed by atoms with Gasteiger partial charge in [0.25, 0.3) is 5.91 Å². The average Bonchev–Trinajstić information content (AvgIpc) is 2.52. The summed E-state index contributed by atoms with van der Waals surface area (Å²) in [5, 5.41) is 9.05. The summed E-state index contributed by atoms with van der Waals surface area (Å²) in [6.07, 6.45) is 0.185. The van der Waals surface area contributed by atoms with E-state index in [0.717, 1.165) is 5.69 Å². The van der Waals surface area contributed by atoms with E-state index in [4.69, 9.17) is 9.84 Å². The van der Waals surface area contributed by atoms with E-state index < -0.39 is 11.7 Å². The van der Waals surface area contributed by atoms with Gasteiger partial charge >= 0.3 is 6.09 Å². The van der Waals surface area contributed by atoms with Crippen molar-refractivity contribution in [1.82, 2.24) is 4.90 Å². The lowest BCUT2D eigenvalue weighted by Gasteiger charge is -2.47. The van der Waals surface area contributed by atoms with Crippen LogP contribution in [-0.4, -0.2) is 47.2 Å². The van der Waals surface area contributed by atoms with Crippen LogP contribution in [0.2, 0.25) is 0 Å². The molecule has 1 aromatic carbocycles. The van der Waals surface area contributed by atoms with Crippen molar-refractivity contribution >= 4 is 17.7 Å². The summed E-state index contributed by atoms with van der Waals surface area (Å²) in [7, 11) is 0. The highest BCUT2D eigenvalue weighted by Gasteiger charge is 2.45. The SMILES string of the molecule is C=C1OC2(CCN(C(=O)O)CC2)CN(c2ccccc2)C1=O. The Hall–Kier alpha value is -2.50. The summed E-state index contributed by atoms with van der Waals surface area (Å²) in [5.74, 6) is -0.114. The zero-order valence-corrected chi connectivity index (χ0v) is 12.2. The number of carbonyl (C=O) groups is 2. The molecule has 0 atom stereocenters. The number of carboxylic acid groups (broad SMARTS) is 1. The summed E-state index contributed by atoms with van der Waals surface area (Å²) >= 11 is 0. The van der Waals surface area contributed by atoms with E-state index in [-0.39, 0.29) is 11.7 Å². The largest absolute Gasteiger partial charge is 0.480 e. The van der Waals surface area contributed by atoms with Gasteiger partial charge < -0.3 is 19.6 Å². The second kappa shape index (κ2) is 5.36. The maximum absolute atomic E-state index is 12.3. The number of nitrogens with zero attached hydrogens (tertiary/aromatic N) is 2. The van der Waals surface area contributed by atoms with Gasteiger partial charge in [-0.15, -0.1) is 0 Å². The molecule has 2 aliphatic heterocycles. The van der Waals surface area contributed by atoms with Gasteiger partial charge in [0, 0.05) is 31.6 Å². The molecule has 3 rings (SSSR count). The fourth-order valence-electron chi connectivity index (χ4n) is 3.03. The van der Waals surface area contributed by atoms with Crippen LogP contribution < -0.4 is 4.90 Å². The number of benzene rings is 1. The van der Waals surface area contributed by atoms with E-state index in [1.54, 1.807) is 4.90 Å². The number of piperidine rings is 1. The number of morpholine rings is 1. The molecule has 0 radical (unpaired) electrons. The van der Waals surface area contributed by atoms with Crippen molar-refractivity contribution in [1.29, 1.82) is 0 Å². The molecule has 116 valence electrons. The van der Waals surface area contributed by atoms with E-state index >= 15 is 0 Å². The van der Waals surface area contributed by atoms with Crippen LogP contribution in [0.25, 0.3) is 0 Å². The molecule has 1 N–H and O–H groups in total. The number of rotatable bonds is 1. The highest BCUT2D eigenvalue weighted by Crippen LogP contribution is 2.35. The number of hydrogen-bond acceptors (Lipinski definition) is 3. The molecule has 0 bridgehead atoms. The molecule has 1 spiro atoms. The fourth-order valence-corrected chi connectivity index (χ4v) is 3.03. The van der Waals surface area contributed by atoms with Gasteiger partial charge in [0.2, 0.25) is 0 Å². The summed E-state index contributed by atoms with van der Waals surface area (Å²) in [6.45, 7) is 4.95. The Kier molecular flexibility index (Phi) is 3.52. The Labute approximate surface area is 128 Å². The Morgan fingerprint density at radius 1 is 1.23 bits per heavy atom. The number of carbonyl (C=O) groups excluding carboxylic acids is 1. The van der Waals surface area contributed by atoms with Crippen molar-refractivity contribution in [2.24, 2.45) is 0 Å². The highest BCUT2D eigenvalue weighted by molar-refractivity contribution is 6.04. The lowest BCUT2D eigenvalue weighted by molar-refractivity contribution is -0.131. The van der Waals surface area contributed by atoms with Crippen molar-refractivity contribution < 1.29 is 19.4 Å². The monoisotopic (exact) mass is 302 g/mol. The first-order valence-corrected chi connectivity index (χ1v) is 7.23. The Morgan fingerprint density at radius 2 is 1.86 bits per heavy atom. The van der Waals surface area contributed by atoms with E-state index in [1.165, 1.54) is 4.90 Å². The topological polar surface area (TPSA) is 70.1 Å². The van der Waals surface area contributed by atoms with Gasteiger partial charge in [0.05, 0.1) is 6.54 Å². The summed E-state index contributed by atoms with van der Waals surface area (Å²) in [4.78, 5) is 26.4. The molecule has 2 heterocycles. The van der Waals surface area contributed by atoms with Gasteiger partial charge in [-0.3, -0.25) is 4.79 Å². The smallest absolute Gasteiger partial charge is 0.407 e. The predicted octanol–water partition coefficient (Wildman–Crippen LogP) is 2.08. The number of hydrogen-bond donors (Lipinski definition) is 1. The molecule has 2 amide bonds. The van der Waals surface area contributed by atoms with Crippen LogP contribution in [0.5, 0.6) is 0 Å². The standard InChI is InChI=1S/C16H18N2O4/c1-12-14(19)18(13-5-3-2-4-6-13)11-16(22-12)7-9-17(10-8-16)15(20)21/h2-6H,1,7-11H2,(H,20,21). The third kappa shape index (κ3) is 2.52. The molecular formula is C16H18N2O4. The van der Waals surface area contributed by atoms with Crippen molar-refractivity contribution in [3.63, 3.8) is 0 Å². The number of ether oxygens (including phenoxy) is 1. The summed E-state index contributed by atoms with van der Waals surface area (Å²) in [5.41, 5.74) is 0.254. The highest BCUT2D eigenvalue weighted by atomic mass is 16.5. The van der Waals surface area contributed by atoms with Crippen molar-refractivity contribution in [3.05, 3.63) is 42.7 Å². The molecule has 2 fully saturated rings. The number of amides is 2. The van der Waals surface area contributed by atoms with Crippen LogP contribution >= 0.6 is 0 Å². The second-order valence-electron chi connectivity index (χ2n) is 5.70. The Balaban J connectivity index is 1.82. The lowest BCUT2D eigenvalue weighted by Crippen LogP contribution is -2.58. The van der Waals surface area contributed by atoms with Crippen LogP contribution in [-0.2, 0) is 9.53 Å². The third-order valence-corrected chi connectivity index (χ3v) is 4.28. The van der Waals surface area contributed by atoms with Crippen molar-refractivity contribution in [2.75, 3.05) is 24.5 Å². The van der Waals surface area contributed by atoms with Crippen LogP contribution in [0.15, 0.2) is 42.7 Å². The second-order valence-corrected chi connectivity index (χ2v) is 5.70. The van der Waals surface area contributed by atoms with Gasteiger partial charge in [-0.25, -0.2) is 4.79 Å². The van der Waals surface area contributed by atoms with E-state index in [0.29, 0.717) is 32.5 Å². The predicted molar refractivity (Wildman–Crippen MR) is 80.6 cm³/mol. The summed E-state index contributed by atoms with van der Waals surface area (Å²) < 4.78 is 5.80. The zero-order valence-electron chi connectivity index (χ0n) is 12.2. The van der Waals surface area contributed by atoms with Crippen LogP contribution in [0.1, 0.15) is 12.8 Å². The van der Waals surface area contributed by atoms with Crippen molar-refractivity contribution in [3.8, 4) is 0 Å². The molecule has 0 saturated carbocycles. The van der Waals surface area contributed by atoms with Gasteiger partial charge in [0.15, 0.2) is 5.76 Å². The molecule has 22 heavy (non-hydrogen) atoms. The van der Waals surface area contributed by atoms with Gasteiger partial charge in [0.1, 0.15) is 5.60 Å². The zero-order chi connectivity index (χ0) is 15.7. The maximum Gasteiger partial charge on any atom is 0.407 e. The van der Waals surface area contributed by atoms with Gasteiger partial charge in [-0.1, -0.05) is 24.8 Å². The van der Waals surface area contributed by atoms with Gasteiger partial charge in [-0.05, 0) is 12.1 Å². The Bertz CT molecular complexity index is 606. The normalized spacial score (nSPS) is 20.9. The maximum atomic E-state index is 12.3. The van der Waals surface area contributed by atoms with Crippen molar-refractivity contribution in [2.45, 2.75) is 18.4 Å². The van der Waals surface area contributed by atoms with E-state index in [9.17, 15) is 9.59 Å². The van der Waals surface area contributed by atoms with E-state index in [2.05, 4.69) is 6.58 Å². The average molecular weight is 302 g/mol. The fraction of sp³-hybridized carbons (Fsp3) is 0.375. The first-order chi connectivity index (χ1) is 10.5. The van der Waals surface area contributed by atoms with Gasteiger partial charge in [-0.2, -0.15) is 0 Å². The molecule has 0 aromatic heterocycles. The molecule has 6 heteroatoms. The number of likely N-dealkylation sites (tertiary alicyclic amines) is 1. The molecule has 2 aliphatic rings. The molecule has 6 nitrogen and oxygen atoms in total. The number of para-hydroxylation sites is 1. The minimum atomic E-state index is -0.916. The first-order valence-electron chi connectivity index (χ1n) is 7.23. The number of anilines is 1. The third-order valence-electron chi connectivity index (χ3n) is 4.28. The van der Waals surface area contributed by atoms with Crippen LogP contribution in [0.3, 0.4) is 0 Å². The molecular weight excluding hydrogens is 284 g/mol. The van der Waals surface area contributed by atoms with Crippen LogP contribution in [0, 0.1) is 0 Å². The molecule has 0 unspecified atom stereocenters. The minimum Gasteiger partial charge on any atom is -0.480 e. The molecule has 0 aliphatic carbocycles. The van der Waals surface area contributed by atoms with E-state index in [1.807, 2.05) is 30.3 Å².